The van der Waals surface area contributed by atoms with Gasteiger partial charge in [-0.1, -0.05) is 72.6 Å². The van der Waals surface area contributed by atoms with Gasteiger partial charge in [-0.15, -0.1) is 0 Å². The molecule has 0 saturated carbocycles. The van der Waals surface area contributed by atoms with Gasteiger partial charge < -0.3 is 14.6 Å². The number of carbonyl (C=O) groups is 2. The van der Waals surface area contributed by atoms with Gasteiger partial charge in [0.25, 0.3) is 0 Å². The van der Waals surface area contributed by atoms with Gasteiger partial charge in [0.2, 0.25) is 0 Å². The molecule has 1 aromatic carbocycles. The zero-order valence-electron chi connectivity index (χ0n) is 20.8. The molecule has 5 nitrogen and oxygen atoms in total. The van der Waals surface area contributed by atoms with Crippen molar-refractivity contribution in [1.29, 1.82) is 0 Å². The molecule has 1 unspecified atom stereocenters. The van der Waals surface area contributed by atoms with Crippen molar-refractivity contribution in [2.75, 3.05) is 13.2 Å². The van der Waals surface area contributed by atoms with E-state index in [1.807, 2.05) is 13.8 Å². The van der Waals surface area contributed by atoms with Crippen LogP contribution in [0.25, 0.3) is 0 Å². The van der Waals surface area contributed by atoms with E-state index in [9.17, 15) is 14.7 Å². The molecular weight excluding hydrogens is 404 g/mol. The van der Waals surface area contributed by atoms with Crippen molar-refractivity contribution in [3.8, 4) is 5.75 Å². The molecular formula is C27H42O5. The molecule has 0 radical (unpaired) electrons. The van der Waals surface area contributed by atoms with E-state index in [0.717, 1.165) is 49.8 Å². The minimum Gasteiger partial charge on any atom is -0.488 e. The third-order valence-electron chi connectivity index (χ3n) is 5.67. The van der Waals surface area contributed by atoms with Gasteiger partial charge in [0.1, 0.15) is 12.4 Å². The summed E-state index contributed by atoms with van der Waals surface area (Å²) in [6.45, 7) is 16.3. The fraction of sp³-hybridized carbons (Fsp3) is 0.630. The number of ether oxygens (including phenoxy) is 2. The van der Waals surface area contributed by atoms with Crippen LogP contribution in [0.5, 0.6) is 5.75 Å². The molecule has 0 amide bonds. The Morgan fingerprint density at radius 3 is 2.31 bits per heavy atom. The summed E-state index contributed by atoms with van der Waals surface area (Å²) in [4.78, 5) is 23.1. The summed E-state index contributed by atoms with van der Waals surface area (Å²) in [5.74, 6) is -0.404. The minimum atomic E-state index is -0.683. The van der Waals surface area contributed by atoms with Crippen LogP contribution < -0.4 is 4.74 Å². The summed E-state index contributed by atoms with van der Waals surface area (Å²) < 4.78 is 11.0. The number of esters is 1. The first-order valence-corrected chi connectivity index (χ1v) is 11.8. The molecule has 1 rings (SSSR count). The van der Waals surface area contributed by atoms with Crippen LogP contribution in [0.4, 0.5) is 0 Å². The summed E-state index contributed by atoms with van der Waals surface area (Å²) in [7, 11) is 0. The first-order valence-electron chi connectivity index (χ1n) is 11.8. The van der Waals surface area contributed by atoms with Crippen molar-refractivity contribution >= 4 is 11.9 Å². The third kappa shape index (κ3) is 9.46. The molecule has 0 saturated heterocycles. The highest BCUT2D eigenvalue weighted by molar-refractivity contribution is 5.88. The highest BCUT2D eigenvalue weighted by Crippen LogP contribution is 2.33. The maximum Gasteiger partial charge on any atom is 0.336 e. The lowest BCUT2D eigenvalue weighted by Crippen LogP contribution is -2.19. The second-order valence-electron chi connectivity index (χ2n) is 9.83. The Morgan fingerprint density at radius 1 is 1.09 bits per heavy atom. The molecule has 0 aliphatic carbocycles. The van der Waals surface area contributed by atoms with Gasteiger partial charge in [0.05, 0.1) is 18.1 Å². The van der Waals surface area contributed by atoms with E-state index >= 15 is 0 Å². The third-order valence-corrected chi connectivity index (χ3v) is 5.67. The Balaban J connectivity index is 2.64. The van der Waals surface area contributed by atoms with E-state index in [2.05, 4.69) is 45.5 Å². The molecule has 1 N–H and O–H groups in total. The fourth-order valence-electron chi connectivity index (χ4n) is 3.71. The van der Waals surface area contributed by atoms with Crippen molar-refractivity contribution in [3.63, 3.8) is 0 Å². The Bertz CT molecular complexity index is 758. The normalized spacial score (nSPS) is 12.5. The quantitative estimate of drug-likeness (QED) is 0.205. The number of unbranched alkanes of at least 4 members (excludes halogenated alkanes) is 3. The lowest BCUT2D eigenvalue weighted by Gasteiger charge is -2.23. The number of aliphatic carboxylic acids is 1. The fourth-order valence-corrected chi connectivity index (χ4v) is 3.71. The Kier molecular flexibility index (Phi) is 11.5. The van der Waals surface area contributed by atoms with Crippen LogP contribution in [-0.2, 0) is 26.2 Å². The molecule has 0 aromatic heterocycles. The Hall–Kier alpha value is -2.30. The zero-order valence-corrected chi connectivity index (χ0v) is 20.8. The van der Waals surface area contributed by atoms with E-state index in [1.165, 1.54) is 5.56 Å². The summed E-state index contributed by atoms with van der Waals surface area (Å²) in [5, 5.41) is 9.29. The zero-order chi connectivity index (χ0) is 24.3. The number of hydrogen-bond donors (Lipinski definition) is 1. The average molecular weight is 447 g/mol. The maximum atomic E-state index is 11.8. The number of benzene rings is 1. The lowest BCUT2D eigenvalue weighted by atomic mass is 9.85. The van der Waals surface area contributed by atoms with Gasteiger partial charge in [-0.2, -0.15) is 0 Å². The standard InChI is InChI=1S/C27H42O5/c1-8-31-26(30)20(4)18-32-24-17-21(15-16-23(24)27(5,6)7)13-11-9-10-12-14-22(19(2)3)25(28)29/h15-17,19,22H,4,8-14,18H2,1-3,5-7H3,(H,28,29). The van der Waals surface area contributed by atoms with Crippen molar-refractivity contribution in [3.05, 3.63) is 41.5 Å². The van der Waals surface area contributed by atoms with Crippen LogP contribution in [0.15, 0.2) is 30.4 Å². The topological polar surface area (TPSA) is 72.8 Å². The number of carboxylic acids is 1. The highest BCUT2D eigenvalue weighted by Gasteiger charge is 2.21. The molecule has 1 aromatic rings. The largest absolute Gasteiger partial charge is 0.488 e. The van der Waals surface area contributed by atoms with Crippen LogP contribution in [0.2, 0.25) is 0 Å². The SMILES string of the molecule is C=C(COc1cc(CCCCCCC(C(=O)O)C(C)C)ccc1C(C)(C)C)C(=O)OCC. The first kappa shape index (κ1) is 27.7. The second kappa shape index (κ2) is 13.3. The molecule has 180 valence electrons. The molecule has 0 heterocycles. The van der Waals surface area contributed by atoms with Gasteiger partial charge in [0.15, 0.2) is 0 Å². The first-order chi connectivity index (χ1) is 15.0. The molecule has 0 aliphatic heterocycles. The number of carbonyl (C=O) groups excluding carboxylic acids is 1. The molecule has 0 fully saturated rings. The predicted octanol–water partition coefficient (Wildman–Crippen LogP) is 6.33. The maximum absolute atomic E-state index is 11.8. The van der Waals surface area contributed by atoms with Gasteiger partial charge >= 0.3 is 11.9 Å². The van der Waals surface area contributed by atoms with Gasteiger partial charge in [-0.3, -0.25) is 4.79 Å². The monoisotopic (exact) mass is 446 g/mol. The smallest absolute Gasteiger partial charge is 0.336 e. The van der Waals surface area contributed by atoms with Crippen LogP contribution in [-0.4, -0.2) is 30.3 Å². The minimum absolute atomic E-state index is 0.0871. The van der Waals surface area contributed by atoms with Crippen LogP contribution in [0.3, 0.4) is 0 Å². The van der Waals surface area contributed by atoms with E-state index in [0.29, 0.717) is 12.2 Å². The number of carboxylic acid groups (broad SMARTS) is 1. The summed E-state index contributed by atoms with van der Waals surface area (Å²) in [5.41, 5.74) is 2.50. The van der Waals surface area contributed by atoms with Crippen molar-refractivity contribution in [1.82, 2.24) is 0 Å². The van der Waals surface area contributed by atoms with Crippen LogP contribution in [0, 0.1) is 11.8 Å². The number of aryl methyl sites for hydroxylation is 1. The van der Waals surface area contributed by atoms with E-state index in [-0.39, 0.29) is 23.9 Å². The van der Waals surface area contributed by atoms with Gasteiger partial charge in [-0.25, -0.2) is 4.79 Å². The molecule has 0 bridgehead atoms. The summed E-state index contributed by atoms with van der Waals surface area (Å²) in [6, 6.07) is 6.32. The number of rotatable bonds is 14. The molecule has 32 heavy (non-hydrogen) atoms. The van der Waals surface area contributed by atoms with E-state index in [1.54, 1.807) is 6.92 Å². The van der Waals surface area contributed by atoms with Crippen LogP contribution in [0.1, 0.15) is 84.8 Å². The molecule has 1 atom stereocenters. The van der Waals surface area contributed by atoms with Crippen molar-refractivity contribution < 1.29 is 24.2 Å². The molecule has 5 heteroatoms. The lowest BCUT2D eigenvalue weighted by molar-refractivity contribution is -0.143. The predicted molar refractivity (Wildman–Crippen MR) is 129 cm³/mol. The Labute approximate surface area is 194 Å². The average Bonchev–Trinajstić information content (AvgIpc) is 2.70. The molecule has 0 spiro atoms. The van der Waals surface area contributed by atoms with Gasteiger partial charge in [0, 0.05) is 0 Å². The molecule has 0 aliphatic rings. The second-order valence-corrected chi connectivity index (χ2v) is 9.83. The van der Waals surface area contributed by atoms with Crippen molar-refractivity contribution in [2.45, 2.75) is 85.5 Å². The number of hydrogen-bond acceptors (Lipinski definition) is 4. The van der Waals surface area contributed by atoms with Gasteiger partial charge in [-0.05, 0) is 54.7 Å². The highest BCUT2D eigenvalue weighted by atomic mass is 16.5. The van der Waals surface area contributed by atoms with Crippen molar-refractivity contribution in [2.24, 2.45) is 11.8 Å². The summed E-state index contributed by atoms with van der Waals surface area (Å²) in [6.07, 6.45) is 5.79. The van der Waals surface area contributed by atoms with E-state index < -0.39 is 11.9 Å². The van der Waals surface area contributed by atoms with Crippen LogP contribution >= 0.6 is 0 Å². The Morgan fingerprint density at radius 2 is 1.75 bits per heavy atom. The summed E-state index contributed by atoms with van der Waals surface area (Å²) >= 11 is 0. The van der Waals surface area contributed by atoms with E-state index in [4.69, 9.17) is 9.47 Å².